The smallest absolute Gasteiger partial charge is 0.429 e. The number of rotatable bonds is 6. The Balaban J connectivity index is 1.42. The monoisotopic (exact) mass is 554 g/mol. The van der Waals surface area contributed by atoms with Crippen LogP contribution in [0.1, 0.15) is 81.8 Å². The maximum absolute atomic E-state index is 14.8. The summed E-state index contributed by atoms with van der Waals surface area (Å²) >= 11 is 0. The molecule has 1 aromatic carbocycles. The maximum atomic E-state index is 14.8. The van der Waals surface area contributed by atoms with Crippen molar-refractivity contribution in [1.82, 2.24) is 0 Å². The van der Waals surface area contributed by atoms with E-state index in [-0.39, 0.29) is 29.7 Å². The fourth-order valence-corrected chi connectivity index (χ4v) is 6.23. The largest absolute Gasteiger partial charge is 0.432 e. The van der Waals surface area contributed by atoms with Crippen LogP contribution in [-0.2, 0) is 10.8 Å². The number of hydrogen-bond acceptors (Lipinski definition) is 1. The Kier molecular flexibility index (Phi) is 8.20. The normalized spacial score (nSPS) is 32.7. The third-order valence-corrected chi connectivity index (χ3v) is 8.62. The van der Waals surface area contributed by atoms with Crippen LogP contribution in [0.5, 0.6) is 0 Å². The fraction of sp³-hybridized carbons (Fsp3) is 0.643. The minimum absolute atomic E-state index is 0.140. The highest BCUT2D eigenvalue weighted by molar-refractivity contribution is 5.33. The summed E-state index contributed by atoms with van der Waals surface area (Å²) < 4.78 is 129. The second-order valence-electron chi connectivity index (χ2n) is 10.8. The van der Waals surface area contributed by atoms with E-state index < -0.39 is 47.1 Å². The van der Waals surface area contributed by atoms with E-state index in [2.05, 4.69) is 11.7 Å². The van der Waals surface area contributed by atoms with Crippen molar-refractivity contribution in [1.29, 1.82) is 0 Å². The molecule has 3 aliphatic carbocycles. The van der Waals surface area contributed by atoms with Gasteiger partial charge in [-0.2, -0.15) is 22.0 Å². The van der Waals surface area contributed by atoms with Crippen LogP contribution in [0.3, 0.4) is 0 Å². The van der Waals surface area contributed by atoms with Crippen LogP contribution in [0.2, 0.25) is 0 Å². The van der Waals surface area contributed by atoms with Gasteiger partial charge >= 0.3 is 12.3 Å². The lowest BCUT2D eigenvalue weighted by atomic mass is 9.68. The van der Waals surface area contributed by atoms with Gasteiger partial charge in [-0.05, 0) is 98.1 Å². The van der Waals surface area contributed by atoms with Crippen LogP contribution in [0.4, 0.5) is 39.5 Å². The standard InChI is InChI=1S/C28H31F9O/c1-2-16-3-5-17(6-4-16)18-7-9-19(10-8-18)20-13-22(29)25(23(30)14-20)27(33,34)38-21-11-12-26(32,24(31)15-21)28(35,36)37/h11-19,24H,2-10H2,1H3. The lowest BCUT2D eigenvalue weighted by molar-refractivity contribution is -0.233. The summed E-state index contributed by atoms with van der Waals surface area (Å²) in [4.78, 5) is 0. The van der Waals surface area contributed by atoms with Crippen molar-refractivity contribution in [2.45, 2.75) is 94.8 Å². The summed E-state index contributed by atoms with van der Waals surface area (Å²) in [6.45, 7) is 2.21. The number of ether oxygens (including phenoxy) is 1. The number of hydrogen-bond donors (Lipinski definition) is 0. The molecule has 1 aromatic rings. The zero-order chi connectivity index (χ0) is 27.9. The molecule has 3 aliphatic rings. The van der Waals surface area contributed by atoms with E-state index >= 15 is 0 Å². The third-order valence-electron chi connectivity index (χ3n) is 8.62. The van der Waals surface area contributed by atoms with E-state index in [0.29, 0.717) is 24.7 Å². The van der Waals surface area contributed by atoms with Crippen LogP contribution in [0.25, 0.3) is 0 Å². The molecule has 2 saturated carbocycles. The predicted molar refractivity (Wildman–Crippen MR) is 124 cm³/mol. The van der Waals surface area contributed by atoms with Gasteiger partial charge in [0.05, 0.1) is 0 Å². The van der Waals surface area contributed by atoms with Crippen molar-refractivity contribution in [3.05, 3.63) is 58.9 Å². The molecule has 0 N–H and O–H groups in total. The van der Waals surface area contributed by atoms with E-state index in [9.17, 15) is 39.5 Å². The third kappa shape index (κ3) is 5.74. The zero-order valence-corrected chi connectivity index (χ0v) is 20.9. The molecule has 38 heavy (non-hydrogen) atoms. The van der Waals surface area contributed by atoms with Gasteiger partial charge in [0.2, 0.25) is 0 Å². The molecule has 2 unspecified atom stereocenters. The van der Waals surface area contributed by atoms with Gasteiger partial charge in [0.15, 0.2) is 6.17 Å². The molecule has 10 heteroatoms. The van der Waals surface area contributed by atoms with Gasteiger partial charge < -0.3 is 4.74 Å². The van der Waals surface area contributed by atoms with Crippen LogP contribution < -0.4 is 0 Å². The number of halogens is 9. The van der Waals surface area contributed by atoms with Crippen LogP contribution >= 0.6 is 0 Å². The van der Waals surface area contributed by atoms with Crippen LogP contribution in [0, 0.1) is 29.4 Å². The molecule has 0 radical (unpaired) electrons. The Morgan fingerprint density at radius 3 is 1.87 bits per heavy atom. The van der Waals surface area contributed by atoms with Gasteiger partial charge in [-0.15, -0.1) is 0 Å². The topological polar surface area (TPSA) is 9.23 Å². The Hall–Kier alpha value is -2.13. The van der Waals surface area contributed by atoms with E-state index in [1.165, 1.54) is 32.1 Å². The summed E-state index contributed by atoms with van der Waals surface area (Å²) in [7, 11) is 0. The predicted octanol–water partition coefficient (Wildman–Crippen LogP) is 9.58. The first-order valence-corrected chi connectivity index (χ1v) is 13.1. The van der Waals surface area contributed by atoms with Crippen molar-refractivity contribution in [2.75, 3.05) is 0 Å². The highest BCUT2D eigenvalue weighted by Gasteiger charge is 2.60. The van der Waals surface area contributed by atoms with Crippen molar-refractivity contribution in [3.8, 4) is 0 Å². The Morgan fingerprint density at radius 1 is 0.868 bits per heavy atom. The second kappa shape index (κ2) is 10.8. The lowest BCUT2D eigenvalue weighted by Crippen LogP contribution is -2.47. The van der Waals surface area contributed by atoms with Crippen molar-refractivity contribution in [2.24, 2.45) is 17.8 Å². The Morgan fingerprint density at radius 2 is 1.39 bits per heavy atom. The van der Waals surface area contributed by atoms with Gasteiger partial charge in [0, 0.05) is 0 Å². The van der Waals surface area contributed by atoms with Gasteiger partial charge in [-0.25, -0.2) is 17.6 Å². The minimum atomic E-state index is -5.64. The molecule has 0 aromatic heterocycles. The summed E-state index contributed by atoms with van der Waals surface area (Å²) in [6.07, 6.45) is -4.80. The summed E-state index contributed by atoms with van der Waals surface area (Å²) in [6, 6.07) is 1.65. The molecule has 4 rings (SSSR count). The van der Waals surface area contributed by atoms with Crippen LogP contribution in [0.15, 0.2) is 36.1 Å². The molecule has 0 spiro atoms. The maximum Gasteiger partial charge on any atom is 0.432 e. The highest BCUT2D eigenvalue weighted by Crippen LogP contribution is 2.47. The fourth-order valence-electron chi connectivity index (χ4n) is 6.23. The molecule has 0 aliphatic heterocycles. The number of benzene rings is 1. The first-order chi connectivity index (χ1) is 17.7. The molecule has 0 bridgehead atoms. The van der Waals surface area contributed by atoms with Gasteiger partial charge in [0.25, 0.3) is 5.67 Å². The van der Waals surface area contributed by atoms with Crippen molar-refractivity contribution < 1.29 is 44.3 Å². The van der Waals surface area contributed by atoms with Gasteiger partial charge in [0.1, 0.15) is 23.0 Å². The zero-order valence-electron chi connectivity index (χ0n) is 20.9. The molecule has 2 fully saturated rings. The number of alkyl halides is 7. The summed E-state index contributed by atoms with van der Waals surface area (Å²) in [5, 5.41) is 0. The highest BCUT2D eigenvalue weighted by atomic mass is 19.4. The lowest BCUT2D eigenvalue weighted by Gasteiger charge is -2.38. The summed E-state index contributed by atoms with van der Waals surface area (Å²) in [5.41, 5.74) is -5.93. The van der Waals surface area contributed by atoms with E-state index in [1.807, 2.05) is 0 Å². The molecule has 212 valence electrons. The van der Waals surface area contributed by atoms with Crippen LogP contribution in [-0.4, -0.2) is 18.0 Å². The van der Waals surface area contributed by atoms with E-state index in [0.717, 1.165) is 30.9 Å². The first-order valence-electron chi connectivity index (χ1n) is 13.1. The SMILES string of the molecule is CCC1CCC(C2CCC(c3cc(F)c(C(F)(F)OC4=CC(F)C(F)(C(F)(F)F)C=C4)c(F)c3)CC2)CC1. The molecular formula is C28H31F9O. The van der Waals surface area contributed by atoms with Gasteiger partial charge in [-0.1, -0.05) is 26.2 Å². The molecule has 2 atom stereocenters. The molecule has 1 nitrogen and oxygen atoms in total. The molecule has 0 saturated heterocycles. The quantitative estimate of drug-likeness (QED) is 0.318. The minimum Gasteiger partial charge on any atom is -0.429 e. The second-order valence-corrected chi connectivity index (χ2v) is 10.8. The van der Waals surface area contributed by atoms with E-state index in [1.54, 1.807) is 0 Å². The Bertz CT molecular complexity index is 1020. The first kappa shape index (κ1) is 28.9. The average molecular weight is 555 g/mol. The molecule has 0 heterocycles. The molecular weight excluding hydrogens is 523 g/mol. The Labute approximate surface area is 216 Å². The van der Waals surface area contributed by atoms with Crippen molar-refractivity contribution >= 4 is 0 Å². The van der Waals surface area contributed by atoms with E-state index in [4.69, 9.17) is 0 Å². The average Bonchev–Trinajstić information content (AvgIpc) is 2.85. The van der Waals surface area contributed by atoms with Gasteiger partial charge in [-0.3, -0.25) is 0 Å². The summed E-state index contributed by atoms with van der Waals surface area (Å²) in [5.74, 6) is -2.57. The van der Waals surface area contributed by atoms with Crippen molar-refractivity contribution in [3.63, 3.8) is 0 Å². The number of allylic oxidation sites excluding steroid dienone is 3. The molecule has 0 amide bonds.